The Kier molecular flexibility index (Phi) is 5.98. The minimum absolute atomic E-state index is 0.0131. The second-order valence-electron chi connectivity index (χ2n) is 7.31. The first-order valence-electron chi connectivity index (χ1n) is 10.3. The summed E-state index contributed by atoms with van der Waals surface area (Å²) in [6.45, 7) is 6.47. The number of aryl methyl sites for hydroxylation is 1. The zero-order valence-corrected chi connectivity index (χ0v) is 18.1. The average molecular weight is 430 g/mol. The fourth-order valence-electron chi connectivity index (χ4n) is 3.32. The van der Waals surface area contributed by atoms with E-state index in [1.54, 1.807) is 41.1 Å². The molecule has 4 aromatic rings. The van der Waals surface area contributed by atoms with Crippen molar-refractivity contribution in [3.8, 4) is 22.8 Å². The number of carbonyl (C=O) groups excluding carboxylic acids is 1. The van der Waals surface area contributed by atoms with Crippen molar-refractivity contribution < 1.29 is 13.9 Å². The predicted molar refractivity (Wildman–Crippen MR) is 122 cm³/mol. The van der Waals surface area contributed by atoms with E-state index < -0.39 is 5.91 Å². The lowest BCUT2D eigenvalue weighted by Gasteiger charge is -2.11. The van der Waals surface area contributed by atoms with Crippen molar-refractivity contribution in [2.75, 3.05) is 11.9 Å². The molecule has 0 spiro atoms. The highest BCUT2D eigenvalue weighted by Gasteiger charge is 2.20. The smallest absolute Gasteiger partial charge is 0.295 e. The van der Waals surface area contributed by atoms with Crippen LogP contribution < -0.4 is 10.1 Å². The van der Waals surface area contributed by atoms with Gasteiger partial charge in [-0.15, -0.1) is 5.10 Å². The molecule has 6 nitrogen and oxygen atoms in total. The highest BCUT2D eigenvalue weighted by atomic mass is 19.1. The Bertz CT molecular complexity index is 1250. The first-order chi connectivity index (χ1) is 15.5. The lowest BCUT2D eigenvalue weighted by molar-refractivity contribution is 0.101. The second kappa shape index (κ2) is 9.01. The molecule has 0 saturated heterocycles. The van der Waals surface area contributed by atoms with Gasteiger partial charge < -0.3 is 10.1 Å². The maximum Gasteiger partial charge on any atom is 0.295 e. The third kappa shape index (κ3) is 4.37. The van der Waals surface area contributed by atoms with E-state index in [0.717, 1.165) is 22.6 Å². The van der Waals surface area contributed by atoms with Gasteiger partial charge in [-0.3, -0.25) is 4.79 Å². The molecule has 1 aromatic heterocycles. The maximum absolute atomic E-state index is 13.5. The second-order valence-corrected chi connectivity index (χ2v) is 7.31. The highest BCUT2D eigenvalue weighted by molar-refractivity contribution is 6.01. The molecule has 4 rings (SSSR count). The van der Waals surface area contributed by atoms with E-state index >= 15 is 0 Å². The molecule has 1 amide bonds. The van der Waals surface area contributed by atoms with Gasteiger partial charge in [-0.1, -0.05) is 12.1 Å². The van der Waals surface area contributed by atoms with E-state index in [1.807, 2.05) is 39.0 Å². The van der Waals surface area contributed by atoms with E-state index in [2.05, 4.69) is 15.4 Å². The Balaban J connectivity index is 1.72. The monoisotopic (exact) mass is 430 g/mol. The lowest BCUT2D eigenvalue weighted by Crippen LogP contribution is -2.14. The van der Waals surface area contributed by atoms with E-state index in [4.69, 9.17) is 4.74 Å². The number of anilines is 1. The van der Waals surface area contributed by atoms with E-state index in [0.29, 0.717) is 23.7 Å². The number of nitrogens with one attached hydrogen (secondary N) is 1. The van der Waals surface area contributed by atoms with Crippen LogP contribution in [0.1, 0.15) is 28.7 Å². The van der Waals surface area contributed by atoms with Crippen molar-refractivity contribution in [1.29, 1.82) is 0 Å². The number of hydrogen-bond donors (Lipinski definition) is 1. The molecule has 1 N–H and O–H groups in total. The number of amides is 1. The van der Waals surface area contributed by atoms with Crippen molar-refractivity contribution in [3.63, 3.8) is 0 Å². The molecule has 7 heteroatoms. The van der Waals surface area contributed by atoms with Crippen LogP contribution in [0.2, 0.25) is 0 Å². The van der Waals surface area contributed by atoms with Crippen molar-refractivity contribution in [1.82, 2.24) is 14.8 Å². The number of aromatic nitrogens is 3. The van der Waals surface area contributed by atoms with Crippen LogP contribution in [0.5, 0.6) is 5.75 Å². The quantitative estimate of drug-likeness (QED) is 0.448. The molecule has 3 aromatic carbocycles. The molecule has 0 saturated carbocycles. The van der Waals surface area contributed by atoms with E-state index in [9.17, 15) is 9.18 Å². The maximum atomic E-state index is 13.5. The Morgan fingerprint density at radius 3 is 2.44 bits per heavy atom. The molecule has 0 unspecified atom stereocenters. The van der Waals surface area contributed by atoms with Gasteiger partial charge in [0.2, 0.25) is 5.82 Å². The number of hydrogen-bond acceptors (Lipinski definition) is 4. The summed E-state index contributed by atoms with van der Waals surface area (Å²) in [5.74, 6) is 0.401. The fourth-order valence-corrected chi connectivity index (χ4v) is 3.32. The van der Waals surface area contributed by atoms with Crippen LogP contribution >= 0.6 is 0 Å². The summed E-state index contributed by atoms with van der Waals surface area (Å²) in [5.41, 5.74) is 4.16. The van der Waals surface area contributed by atoms with Crippen molar-refractivity contribution in [2.24, 2.45) is 0 Å². The number of halogens is 1. The average Bonchev–Trinajstić information content (AvgIpc) is 3.23. The lowest BCUT2D eigenvalue weighted by atomic mass is 10.1. The molecular weight excluding hydrogens is 407 g/mol. The molecule has 0 atom stereocenters. The van der Waals surface area contributed by atoms with Crippen molar-refractivity contribution >= 4 is 11.6 Å². The molecule has 0 radical (unpaired) electrons. The Morgan fingerprint density at radius 2 is 1.75 bits per heavy atom. The predicted octanol–water partition coefficient (Wildman–Crippen LogP) is 5.34. The van der Waals surface area contributed by atoms with Crippen LogP contribution in [0.25, 0.3) is 17.1 Å². The summed E-state index contributed by atoms with van der Waals surface area (Å²) in [5, 5.41) is 7.31. The van der Waals surface area contributed by atoms with Gasteiger partial charge in [-0.2, -0.15) is 0 Å². The third-order valence-corrected chi connectivity index (χ3v) is 5.14. The zero-order chi connectivity index (χ0) is 22.7. The first-order valence-corrected chi connectivity index (χ1v) is 10.3. The summed E-state index contributed by atoms with van der Waals surface area (Å²) in [6.07, 6.45) is 0. The fraction of sp³-hybridized carbons (Fsp3) is 0.160. The molecule has 0 aliphatic rings. The van der Waals surface area contributed by atoms with Gasteiger partial charge in [0.05, 0.1) is 12.3 Å². The normalized spacial score (nSPS) is 10.8. The van der Waals surface area contributed by atoms with Gasteiger partial charge in [0.1, 0.15) is 11.6 Å². The minimum Gasteiger partial charge on any atom is -0.494 e. The van der Waals surface area contributed by atoms with Crippen LogP contribution in [0, 0.1) is 19.7 Å². The van der Waals surface area contributed by atoms with Crippen LogP contribution in [-0.4, -0.2) is 27.3 Å². The number of nitrogens with zero attached hydrogens (tertiary/aromatic N) is 3. The van der Waals surface area contributed by atoms with Gasteiger partial charge in [-0.25, -0.2) is 14.1 Å². The van der Waals surface area contributed by atoms with Gasteiger partial charge in [0.25, 0.3) is 5.91 Å². The molecule has 0 aliphatic heterocycles. The topological polar surface area (TPSA) is 69.0 Å². The van der Waals surface area contributed by atoms with Crippen LogP contribution in [0.15, 0.2) is 66.7 Å². The molecule has 162 valence electrons. The van der Waals surface area contributed by atoms with E-state index in [1.165, 1.54) is 12.1 Å². The summed E-state index contributed by atoms with van der Waals surface area (Å²) in [6, 6.07) is 18.9. The van der Waals surface area contributed by atoms with Gasteiger partial charge >= 0.3 is 0 Å². The number of benzene rings is 3. The Labute approximate surface area is 185 Å². The number of carbonyl (C=O) groups is 1. The third-order valence-electron chi connectivity index (χ3n) is 5.14. The van der Waals surface area contributed by atoms with Crippen LogP contribution in [0.4, 0.5) is 10.1 Å². The summed E-state index contributed by atoms with van der Waals surface area (Å²) < 4.78 is 20.5. The number of rotatable bonds is 6. The van der Waals surface area contributed by atoms with Gasteiger partial charge in [0.15, 0.2) is 5.82 Å². The van der Waals surface area contributed by atoms with Gasteiger partial charge in [0, 0.05) is 11.3 Å². The summed E-state index contributed by atoms with van der Waals surface area (Å²) in [7, 11) is 0. The van der Waals surface area contributed by atoms with Crippen LogP contribution in [-0.2, 0) is 0 Å². The van der Waals surface area contributed by atoms with Crippen molar-refractivity contribution in [3.05, 3.63) is 89.5 Å². The standard InChI is InChI=1S/C25H23FN4O2/c1-4-32-21-14-12-20(13-15-21)27-25(31)23-28-24(18-8-10-19(26)11-9-18)30(29-23)22-7-5-6-16(2)17(22)3/h5-15H,4H2,1-3H3,(H,27,31). The Morgan fingerprint density at radius 1 is 1.03 bits per heavy atom. The molecule has 0 bridgehead atoms. The zero-order valence-electron chi connectivity index (χ0n) is 18.1. The van der Waals surface area contributed by atoms with Crippen LogP contribution in [0.3, 0.4) is 0 Å². The largest absolute Gasteiger partial charge is 0.494 e. The number of ether oxygens (including phenoxy) is 1. The minimum atomic E-state index is -0.443. The highest BCUT2D eigenvalue weighted by Crippen LogP contribution is 2.25. The van der Waals surface area contributed by atoms with E-state index in [-0.39, 0.29) is 11.6 Å². The molecule has 32 heavy (non-hydrogen) atoms. The molecule has 1 heterocycles. The van der Waals surface area contributed by atoms with Crippen molar-refractivity contribution in [2.45, 2.75) is 20.8 Å². The summed E-state index contributed by atoms with van der Waals surface area (Å²) >= 11 is 0. The SMILES string of the molecule is CCOc1ccc(NC(=O)c2nc(-c3ccc(F)cc3)n(-c3cccc(C)c3C)n2)cc1. The van der Waals surface area contributed by atoms with Gasteiger partial charge in [-0.05, 0) is 86.5 Å². The first kappa shape index (κ1) is 21.2. The molecule has 0 fully saturated rings. The Hall–Kier alpha value is -4.00. The summed E-state index contributed by atoms with van der Waals surface area (Å²) in [4.78, 5) is 17.4. The molecule has 0 aliphatic carbocycles. The molecular formula is C25H23FN4O2.